The molecule has 0 bridgehead atoms. The van der Waals surface area contributed by atoms with E-state index in [-0.39, 0.29) is 0 Å². The molecule has 7 aromatic carbocycles. The summed E-state index contributed by atoms with van der Waals surface area (Å²) >= 11 is 0. The topological polar surface area (TPSA) is 70.6 Å². The van der Waals surface area contributed by atoms with E-state index in [1.54, 1.807) is 0 Å². The highest BCUT2D eigenvalue weighted by Gasteiger charge is 2.18. The summed E-state index contributed by atoms with van der Waals surface area (Å²) in [4.78, 5) is 0. The SMILES string of the molecule is N#Cc1cc(-c2cc(C#N)cc(-n3c4ccccc4c4cc5c(cc43)oc3ccccc35)c2)cc(-n2c3ccccc3c3ccccc32)c1. The molecule has 3 aromatic heterocycles. The number of furan rings is 1. The maximum Gasteiger partial charge on any atom is 0.137 e. The number of hydrogen-bond acceptors (Lipinski definition) is 3. The van der Waals surface area contributed by atoms with Crippen LogP contribution in [0.4, 0.5) is 0 Å². The van der Waals surface area contributed by atoms with Gasteiger partial charge in [-0.25, -0.2) is 0 Å². The van der Waals surface area contributed by atoms with Crippen LogP contribution in [0.3, 0.4) is 0 Å². The largest absolute Gasteiger partial charge is 0.456 e. The fourth-order valence-corrected chi connectivity index (χ4v) is 7.61. The van der Waals surface area contributed by atoms with Crippen LogP contribution in [0.5, 0.6) is 0 Å². The van der Waals surface area contributed by atoms with Gasteiger partial charge in [0.1, 0.15) is 11.2 Å². The second kappa shape index (κ2) is 10.2. The molecule has 0 saturated carbocycles. The summed E-state index contributed by atoms with van der Waals surface area (Å²) in [6, 6.07) is 54.2. The minimum Gasteiger partial charge on any atom is -0.456 e. The number of nitrogens with zero attached hydrogens (tertiary/aromatic N) is 4. The quantitative estimate of drug-likeness (QED) is 0.196. The monoisotopic (exact) mass is 624 g/mol. The van der Waals surface area contributed by atoms with E-state index in [0.717, 1.165) is 88.1 Å². The number of fused-ring (bicyclic) bond motifs is 9. The third kappa shape index (κ3) is 3.97. The molecule has 5 nitrogen and oxygen atoms in total. The van der Waals surface area contributed by atoms with Crippen molar-refractivity contribution in [3.63, 3.8) is 0 Å². The Bertz CT molecular complexity index is 3030. The molecule has 3 heterocycles. The molecule has 0 aliphatic carbocycles. The van der Waals surface area contributed by atoms with Gasteiger partial charge in [-0.3, -0.25) is 0 Å². The first kappa shape index (κ1) is 27.1. The van der Waals surface area contributed by atoms with E-state index >= 15 is 0 Å². The van der Waals surface area contributed by atoms with Crippen molar-refractivity contribution in [1.29, 1.82) is 10.5 Å². The van der Waals surface area contributed by atoms with Gasteiger partial charge in [-0.15, -0.1) is 0 Å². The van der Waals surface area contributed by atoms with Crippen LogP contribution in [-0.4, -0.2) is 9.13 Å². The van der Waals surface area contributed by atoms with Gasteiger partial charge in [0.05, 0.1) is 45.3 Å². The molecule has 0 radical (unpaired) electrons. The van der Waals surface area contributed by atoms with Crippen LogP contribution in [0.15, 0.2) is 150 Å². The average molecular weight is 625 g/mol. The Balaban J connectivity index is 1.23. The first-order chi connectivity index (χ1) is 24.2. The highest BCUT2D eigenvalue weighted by molar-refractivity contribution is 6.17. The van der Waals surface area contributed by atoms with Gasteiger partial charge in [0.2, 0.25) is 0 Å². The van der Waals surface area contributed by atoms with Gasteiger partial charge in [0, 0.05) is 49.8 Å². The molecule has 10 aromatic rings. The predicted octanol–water partition coefficient (Wildman–Crippen LogP) is 11.2. The van der Waals surface area contributed by atoms with E-state index in [1.807, 2.05) is 60.7 Å². The summed E-state index contributed by atoms with van der Waals surface area (Å²) in [7, 11) is 0. The number of rotatable bonds is 3. The third-order valence-electron chi connectivity index (χ3n) is 9.69. The molecule has 0 fully saturated rings. The summed E-state index contributed by atoms with van der Waals surface area (Å²) in [5, 5.41) is 27.2. The lowest BCUT2D eigenvalue weighted by molar-refractivity contribution is 0.669. The fourth-order valence-electron chi connectivity index (χ4n) is 7.61. The molecule has 5 heteroatoms. The van der Waals surface area contributed by atoms with Gasteiger partial charge in [0.25, 0.3) is 0 Å². The molecule has 0 unspecified atom stereocenters. The Morgan fingerprint density at radius 2 is 0.857 bits per heavy atom. The van der Waals surface area contributed by atoms with E-state index in [9.17, 15) is 10.5 Å². The highest BCUT2D eigenvalue weighted by Crippen LogP contribution is 2.40. The average Bonchev–Trinajstić information content (AvgIpc) is 3.80. The summed E-state index contributed by atoms with van der Waals surface area (Å²) < 4.78 is 10.8. The highest BCUT2D eigenvalue weighted by atomic mass is 16.3. The molecule has 0 amide bonds. The Morgan fingerprint density at radius 1 is 0.388 bits per heavy atom. The fraction of sp³-hybridized carbons (Fsp3) is 0. The van der Waals surface area contributed by atoms with Crippen molar-refractivity contribution in [2.45, 2.75) is 0 Å². The van der Waals surface area contributed by atoms with E-state index in [2.05, 4.69) is 106 Å². The zero-order valence-corrected chi connectivity index (χ0v) is 26.1. The summed E-state index contributed by atoms with van der Waals surface area (Å²) in [5.41, 5.74) is 10.4. The Kier molecular flexibility index (Phi) is 5.64. The van der Waals surface area contributed by atoms with Crippen molar-refractivity contribution in [1.82, 2.24) is 9.13 Å². The van der Waals surface area contributed by atoms with Crippen molar-refractivity contribution >= 4 is 65.6 Å². The van der Waals surface area contributed by atoms with Crippen molar-refractivity contribution < 1.29 is 4.42 Å². The maximum atomic E-state index is 10.3. The smallest absolute Gasteiger partial charge is 0.137 e. The minimum atomic E-state index is 0.532. The molecular weight excluding hydrogens is 601 g/mol. The number of para-hydroxylation sites is 4. The molecular formula is C44H24N4O. The minimum absolute atomic E-state index is 0.532. The predicted molar refractivity (Wildman–Crippen MR) is 197 cm³/mol. The molecule has 0 spiro atoms. The number of benzene rings is 7. The van der Waals surface area contributed by atoms with E-state index < -0.39 is 0 Å². The van der Waals surface area contributed by atoms with Crippen molar-refractivity contribution in [2.75, 3.05) is 0 Å². The van der Waals surface area contributed by atoms with Crippen molar-refractivity contribution in [2.24, 2.45) is 0 Å². The van der Waals surface area contributed by atoms with Crippen LogP contribution < -0.4 is 0 Å². The second-order valence-corrected chi connectivity index (χ2v) is 12.4. The Labute approximate surface area is 280 Å². The summed E-state index contributed by atoms with van der Waals surface area (Å²) in [6.07, 6.45) is 0. The molecule has 226 valence electrons. The third-order valence-corrected chi connectivity index (χ3v) is 9.69. The number of aromatic nitrogens is 2. The molecule has 0 aliphatic rings. The van der Waals surface area contributed by atoms with Gasteiger partial charge in [0.15, 0.2) is 0 Å². The molecule has 0 aliphatic heterocycles. The first-order valence-electron chi connectivity index (χ1n) is 16.1. The van der Waals surface area contributed by atoms with E-state index in [0.29, 0.717) is 11.1 Å². The Hall–Kier alpha value is -7.08. The molecule has 0 atom stereocenters. The van der Waals surface area contributed by atoms with Crippen LogP contribution >= 0.6 is 0 Å². The van der Waals surface area contributed by atoms with Crippen LogP contribution in [0.25, 0.3) is 88.1 Å². The lowest BCUT2D eigenvalue weighted by Gasteiger charge is -2.14. The van der Waals surface area contributed by atoms with Crippen LogP contribution in [0.2, 0.25) is 0 Å². The first-order valence-corrected chi connectivity index (χ1v) is 16.1. The zero-order chi connectivity index (χ0) is 32.6. The van der Waals surface area contributed by atoms with Crippen LogP contribution in [-0.2, 0) is 0 Å². The molecule has 0 saturated heterocycles. The lowest BCUT2D eigenvalue weighted by Crippen LogP contribution is -1.98. The van der Waals surface area contributed by atoms with Crippen molar-refractivity contribution in [3.8, 4) is 34.6 Å². The van der Waals surface area contributed by atoms with Gasteiger partial charge >= 0.3 is 0 Å². The van der Waals surface area contributed by atoms with Gasteiger partial charge < -0.3 is 13.6 Å². The second-order valence-electron chi connectivity index (χ2n) is 12.4. The molecule has 10 rings (SSSR count). The van der Waals surface area contributed by atoms with E-state index in [4.69, 9.17) is 4.42 Å². The number of hydrogen-bond donors (Lipinski definition) is 0. The van der Waals surface area contributed by atoms with Crippen LogP contribution in [0, 0.1) is 22.7 Å². The molecule has 0 N–H and O–H groups in total. The standard InChI is InChI=1S/C44H24N4O/c45-25-27-17-29(21-31(19-27)47-39-13-5-1-9-33(39)34-10-2-6-14-40(34)47)30-18-28(26-46)20-32(22-30)48-41-15-7-3-11-35(41)37-23-38-36-12-4-8-16-43(36)49-44(38)24-42(37)48/h1-24H. The van der Waals surface area contributed by atoms with Gasteiger partial charge in [-0.2, -0.15) is 10.5 Å². The summed E-state index contributed by atoms with van der Waals surface area (Å²) in [6.45, 7) is 0. The lowest BCUT2D eigenvalue weighted by atomic mass is 9.99. The van der Waals surface area contributed by atoms with Gasteiger partial charge in [-0.05, 0) is 77.9 Å². The summed E-state index contributed by atoms with van der Waals surface area (Å²) in [5.74, 6) is 0. The van der Waals surface area contributed by atoms with E-state index in [1.165, 1.54) is 0 Å². The molecule has 49 heavy (non-hydrogen) atoms. The number of nitriles is 2. The maximum absolute atomic E-state index is 10.3. The normalized spacial score (nSPS) is 11.6. The Morgan fingerprint density at radius 3 is 1.41 bits per heavy atom. The zero-order valence-electron chi connectivity index (χ0n) is 26.1. The van der Waals surface area contributed by atoms with Crippen LogP contribution in [0.1, 0.15) is 11.1 Å². The van der Waals surface area contributed by atoms with Gasteiger partial charge in [-0.1, -0.05) is 72.8 Å². The van der Waals surface area contributed by atoms with Crippen molar-refractivity contribution in [3.05, 3.63) is 157 Å².